The number of pyridine rings is 1. The number of carbonyl (C=O) groups is 1. The molecule has 0 fully saturated rings. The minimum Gasteiger partial charge on any atom is -0.344 e. The second kappa shape index (κ2) is 6.22. The Morgan fingerprint density at radius 2 is 2.05 bits per heavy atom. The standard InChI is InChI=1S/C17H23N3O/c1-12(2)10-17(3,11-18)20-16(21)15-14-7-5-4-6-13(14)8-9-19-15/h4-9,12H,10-11,18H2,1-3H3,(H,20,21). The monoisotopic (exact) mass is 285 g/mol. The highest BCUT2D eigenvalue weighted by Gasteiger charge is 2.27. The summed E-state index contributed by atoms with van der Waals surface area (Å²) in [4.78, 5) is 16.8. The first kappa shape index (κ1) is 15.4. The summed E-state index contributed by atoms with van der Waals surface area (Å²) < 4.78 is 0. The summed E-state index contributed by atoms with van der Waals surface area (Å²) >= 11 is 0. The fourth-order valence-corrected chi connectivity index (χ4v) is 2.72. The van der Waals surface area contributed by atoms with Gasteiger partial charge in [0.1, 0.15) is 5.69 Å². The van der Waals surface area contributed by atoms with E-state index in [2.05, 4.69) is 24.1 Å². The van der Waals surface area contributed by atoms with Gasteiger partial charge in [0.05, 0.1) is 5.54 Å². The number of nitrogens with one attached hydrogen (secondary N) is 1. The Hall–Kier alpha value is -1.94. The molecule has 0 saturated heterocycles. The van der Waals surface area contributed by atoms with E-state index in [9.17, 15) is 4.79 Å². The highest BCUT2D eigenvalue weighted by atomic mass is 16.2. The van der Waals surface area contributed by atoms with Crippen molar-refractivity contribution < 1.29 is 4.79 Å². The molecule has 1 atom stereocenters. The van der Waals surface area contributed by atoms with Crippen LogP contribution in [-0.2, 0) is 0 Å². The summed E-state index contributed by atoms with van der Waals surface area (Å²) in [6, 6.07) is 9.66. The van der Waals surface area contributed by atoms with Crippen LogP contribution in [0.3, 0.4) is 0 Å². The predicted octanol–water partition coefficient (Wildman–Crippen LogP) is 2.73. The molecule has 4 nitrogen and oxygen atoms in total. The first-order valence-electron chi connectivity index (χ1n) is 7.31. The molecule has 0 aliphatic carbocycles. The van der Waals surface area contributed by atoms with E-state index < -0.39 is 5.54 Å². The van der Waals surface area contributed by atoms with Crippen LogP contribution in [0.1, 0.15) is 37.7 Å². The maximum atomic E-state index is 12.6. The normalized spacial score (nSPS) is 14.1. The van der Waals surface area contributed by atoms with Gasteiger partial charge < -0.3 is 11.1 Å². The van der Waals surface area contributed by atoms with Crippen molar-refractivity contribution >= 4 is 16.7 Å². The molecule has 2 aromatic rings. The Morgan fingerprint density at radius 3 is 2.71 bits per heavy atom. The Labute approximate surface area is 125 Å². The third kappa shape index (κ3) is 3.58. The zero-order valence-electron chi connectivity index (χ0n) is 12.9. The number of nitrogens with two attached hydrogens (primary N) is 1. The van der Waals surface area contributed by atoms with E-state index in [1.54, 1.807) is 6.20 Å². The number of hydrogen-bond acceptors (Lipinski definition) is 3. The van der Waals surface area contributed by atoms with Gasteiger partial charge in [0.2, 0.25) is 0 Å². The van der Waals surface area contributed by atoms with Crippen LogP contribution in [0.25, 0.3) is 10.8 Å². The van der Waals surface area contributed by atoms with Crippen molar-refractivity contribution in [2.45, 2.75) is 32.7 Å². The van der Waals surface area contributed by atoms with Crippen molar-refractivity contribution in [2.75, 3.05) is 6.54 Å². The molecule has 112 valence electrons. The SMILES string of the molecule is CC(C)CC(C)(CN)NC(=O)c1nccc2ccccc12. The Morgan fingerprint density at radius 1 is 1.33 bits per heavy atom. The molecule has 1 aromatic heterocycles. The molecule has 0 aliphatic heterocycles. The summed E-state index contributed by atoms with van der Waals surface area (Å²) in [7, 11) is 0. The number of nitrogens with zero attached hydrogens (tertiary/aromatic N) is 1. The Balaban J connectivity index is 2.30. The first-order valence-corrected chi connectivity index (χ1v) is 7.31. The minimum absolute atomic E-state index is 0.166. The lowest BCUT2D eigenvalue weighted by Crippen LogP contribution is -2.52. The summed E-state index contributed by atoms with van der Waals surface area (Å²) in [5.74, 6) is 0.291. The minimum atomic E-state index is -0.413. The van der Waals surface area contributed by atoms with Crippen LogP contribution < -0.4 is 11.1 Å². The summed E-state index contributed by atoms with van der Waals surface area (Å²) in [5.41, 5.74) is 5.90. The van der Waals surface area contributed by atoms with Crippen molar-refractivity contribution in [2.24, 2.45) is 11.7 Å². The summed E-state index contributed by atoms with van der Waals surface area (Å²) in [6.45, 7) is 6.63. The van der Waals surface area contributed by atoms with Gasteiger partial charge in [0.25, 0.3) is 5.91 Å². The molecular formula is C17H23N3O. The third-order valence-electron chi connectivity index (χ3n) is 3.61. The average Bonchev–Trinajstić information content (AvgIpc) is 2.45. The molecular weight excluding hydrogens is 262 g/mol. The van der Waals surface area contributed by atoms with Gasteiger partial charge in [-0.15, -0.1) is 0 Å². The van der Waals surface area contributed by atoms with E-state index in [0.717, 1.165) is 17.2 Å². The van der Waals surface area contributed by atoms with E-state index in [-0.39, 0.29) is 5.91 Å². The number of benzene rings is 1. The molecule has 1 heterocycles. The van der Waals surface area contributed by atoms with Crippen LogP contribution in [0.15, 0.2) is 36.5 Å². The molecule has 1 unspecified atom stereocenters. The highest BCUT2D eigenvalue weighted by molar-refractivity contribution is 6.05. The Bertz CT molecular complexity index is 633. The van der Waals surface area contributed by atoms with Gasteiger partial charge in [-0.05, 0) is 30.7 Å². The smallest absolute Gasteiger partial charge is 0.270 e. The van der Waals surface area contributed by atoms with Gasteiger partial charge in [0.15, 0.2) is 0 Å². The summed E-state index contributed by atoms with van der Waals surface area (Å²) in [6.07, 6.45) is 2.50. The van der Waals surface area contributed by atoms with E-state index >= 15 is 0 Å². The second-order valence-corrected chi connectivity index (χ2v) is 6.20. The molecule has 3 N–H and O–H groups in total. The van der Waals surface area contributed by atoms with E-state index in [1.165, 1.54) is 0 Å². The van der Waals surface area contributed by atoms with Crippen molar-refractivity contribution in [3.05, 3.63) is 42.2 Å². The van der Waals surface area contributed by atoms with E-state index in [0.29, 0.717) is 18.2 Å². The van der Waals surface area contributed by atoms with Crippen LogP contribution in [0.2, 0.25) is 0 Å². The number of amides is 1. The van der Waals surface area contributed by atoms with Crippen molar-refractivity contribution in [1.29, 1.82) is 0 Å². The lowest BCUT2D eigenvalue weighted by molar-refractivity contribution is 0.0895. The van der Waals surface area contributed by atoms with E-state index in [4.69, 9.17) is 5.73 Å². The lowest BCUT2D eigenvalue weighted by Gasteiger charge is -2.31. The molecule has 0 bridgehead atoms. The van der Waals surface area contributed by atoms with Crippen LogP contribution in [-0.4, -0.2) is 23.0 Å². The number of fused-ring (bicyclic) bond motifs is 1. The maximum absolute atomic E-state index is 12.6. The van der Waals surface area contributed by atoms with Gasteiger partial charge >= 0.3 is 0 Å². The fourth-order valence-electron chi connectivity index (χ4n) is 2.72. The number of aromatic nitrogens is 1. The largest absolute Gasteiger partial charge is 0.344 e. The van der Waals surface area contributed by atoms with E-state index in [1.807, 2.05) is 37.3 Å². The molecule has 1 amide bonds. The van der Waals surface area contributed by atoms with Gasteiger partial charge in [-0.25, -0.2) is 0 Å². The zero-order valence-corrected chi connectivity index (χ0v) is 12.9. The molecule has 21 heavy (non-hydrogen) atoms. The molecule has 0 aliphatic rings. The topological polar surface area (TPSA) is 68.0 Å². The number of hydrogen-bond donors (Lipinski definition) is 2. The first-order chi connectivity index (χ1) is 9.95. The molecule has 2 rings (SSSR count). The lowest BCUT2D eigenvalue weighted by atomic mass is 9.90. The van der Waals surface area contributed by atoms with Gasteiger partial charge in [-0.2, -0.15) is 0 Å². The van der Waals surface area contributed by atoms with Gasteiger partial charge in [-0.1, -0.05) is 38.1 Å². The predicted molar refractivity (Wildman–Crippen MR) is 86.1 cm³/mol. The average molecular weight is 285 g/mol. The van der Waals surface area contributed by atoms with Crippen LogP contribution in [0.4, 0.5) is 0 Å². The molecule has 4 heteroatoms. The van der Waals surface area contributed by atoms with Gasteiger partial charge in [-0.3, -0.25) is 9.78 Å². The molecule has 0 spiro atoms. The third-order valence-corrected chi connectivity index (χ3v) is 3.61. The molecule has 0 radical (unpaired) electrons. The van der Waals surface area contributed by atoms with Crippen molar-refractivity contribution in [3.63, 3.8) is 0 Å². The second-order valence-electron chi connectivity index (χ2n) is 6.20. The van der Waals surface area contributed by atoms with Crippen molar-refractivity contribution in [3.8, 4) is 0 Å². The maximum Gasteiger partial charge on any atom is 0.270 e. The summed E-state index contributed by atoms with van der Waals surface area (Å²) in [5, 5.41) is 4.93. The highest BCUT2D eigenvalue weighted by Crippen LogP contribution is 2.19. The quantitative estimate of drug-likeness (QED) is 0.887. The molecule has 0 saturated carbocycles. The van der Waals surface area contributed by atoms with Crippen LogP contribution >= 0.6 is 0 Å². The van der Waals surface area contributed by atoms with Crippen LogP contribution in [0.5, 0.6) is 0 Å². The van der Waals surface area contributed by atoms with Crippen molar-refractivity contribution in [1.82, 2.24) is 10.3 Å². The fraction of sp³-hybridized carbons (Fsp3) is 0.412. The van der Waals surface area contributed by atoms with Gasteiger partial charge in [0, 0.05) is 18.1 Å². The van der Waals surface area contributed by atoms with Crippen LogP contribution in [0, 0.1) is 5.92 Å². The molecule has 1 aromatic carbocycles. The zero-order chi connectivity index (χ0) is 15.5. The Kier molecular flexibility index (Phi) is 4.58. The number of rotatable bonds is 5. The number of carbonyl (C=O) groups excluding carboxylic acids is 1.